The monoisotopic (exact) mass is 339 g/mol. The van der Waals surface area contributed by atoms with Gasteiger partial charge in [-0.3, -0.25) is 0 Å². The predicted octanol–water partition coefficient (Wildman–Crippen LogP) is 4.36. The van der Waals surface area contributed by atoms with Crippen LogP contribution in [0.4, 0.5) is 23.3 Å². The molecule has 0 aliphatic rings. The predicted molar refractivity (Wildman–Crippen MR) is 96.8 cm³/mol. The van der Waals surface area contributed by atoms with Gasteiger partial charge < -0.3 is 19.9 Å². The van der Waals surface area contributed by atoms with Crippen LogP contribution in [0.3, 0.4) is 0 Å². The Morgan fingerprint density at radius 3 is 2.36 bits per heavy atom. The van der Waals surface area contributed by atoms with E-state index >= 15 is 0 Å². The van der Waals surface area contributed by atoms with Crippen molar-refractivity contribution in [3.8, 4) is 5.75 Å². The topological polar surface area (TPSA) is 85.1 Å². The number of hydrogen-bond donors (Lipinski definition) is 2. The Bertz CT molecular complexity index is 843. The number of rotatable bonds is 6. The first-order chi connectivity index (χ1) is 12.0. The lowest BCUT2D eigenvalue weighted by Gasteiger charge is -2.11. The maximum Gasteiger partial charge on any atom is 0.229 e. The van der Waals surface area contributed by atoms with Crippen LogP contribution in [0.2, 0.25) is 0 Å². The Labute approximate surface area is 146 Å². The third kappa shape index (κ3) is 4.69. The summed E-state index contributed by atoms with van der Waals surface area (Å²) in [5, 5.41) is 10.2. The van der Waals surface area contributed by atoms with Gasteiger partial charge >= 0.3 is 0 Å². The van der Waals surface area contributed by atoms with E-state index in [1.807, 2.05) is 58.0 Å². The van der Waals surface area contributed by atoms with Gasteiger partial charge in [0.15, 0.2) is 5.82 Å². The van der Waals surface area contributed by atoms with Crippen molar-refractivity contribution in [3.63, 3.8) is 0 Å². The first-order valence-electron chi connectivity index (χ1n) is 8.08. The molecular weight excluding hydrogens is 318 g/mol. The molecule has 25 heavy (non-hydrogen) atoms. The fourth-order valence-corrected chi connectivity index (χ4v) is 2.26. The Morgan fingerprint density at radius 2 is 1.72 bits per heavy atom. The van der Waals surface area contributed by atoms with Crippen molar-refractivity contribution in [1.82, 2.24) is 15.1 Å². The van der Waals surface area contributed by atoms with E-state index in [0.29, 0.717) is 17.6 Å². The second-order valence-electron chi connectivity index (χ2n) is 5.98. The number of nitrogens with one attached hydrogen (secondary N) is 2. The molecule has 7 nitrogen and oxygen atoms in total. The Balaban J connectivity index is 1.73. The zero-order valence-electron chi connectivity index (χ0n) is 14.7. The van der Waals surface area contributed by atoms with Gasteiger partial charge in [0.25, 0.3) is 0 Å². The van der Waals surface area contributed by atoms with E-state index < -0.39 is 0 Å². The average Bonchev–Trinajstić information content (AvgIpc) is 2.93. The standard InChI is InChI=1S/C18H21N5O2/c1-11(2)24-15-7-5-14(6-8-15)20-18-19-12(3)9-16(22-18)21-17-10-13(4)25-23-17/h5-11H,1-4H3,(H2,19,20,21,22,23). The second kappa shape index (κ2) is 7.21. The number of nitrogens with zero attached hydrogens (tertiary/aromatic N) is 3. The van der Waals surface area contributed by atoms with Gasteiger partial charge in [0.05, 0.1) is 6.10 Å². The number of ether oxygens (including phenoxy) is 1. The molecule has 0 saturated carbocycles. The van der Waals surface area contributed by atoms with Crippen molar-refractivity contribution in [1.29, 1.82) is 0 Å². The largest absolute Gasteiger partial charge is 0.491 e. The summed E-state index contributed by atoms with van der Waals surface area (Å²) in [6.45, 7) is 7.74. The highest BCUT2D eigenvalue weighted by Gasteiger charge is 2.06. The fraction of sp³-hybridized carbons (Fsp3) is 0.278. The van der Waals surface area contributed by atoms with Crippen LogP contribution >= 0.6 is 0 Å². The molecule has 0 bridgehead atoms. The van der Waals surface area contributed by atoms with Crippen LogP contribution in [0, 0.1) is 13.8 Å². The van der Waals surface area contributed by atoms with Gasteiger partial charge in [-0.05, 0) is 52.0 Å². The lowest BCUT2D eigenvalue weighted by Crippen LogP contribution is -2.05. The number of anilines is 4. The van der Waals surface area contributed by atoms with Gasteiger partial charge in [0.1, 0.15) is 17.3 Å². The molecule has 2 N–H and O–H groups in total. The zero-order chi connectivity index (χ0) is 17.8. The van der Waals surface area contributed by atoms with E-state index in [1.54, 1.807) is 6.07 Å². The smallest absolute Gasteiger partial charge is 0.229 e. The Hall–Kier alpha value is -3.09. The van der Waals surface area contributed by atoms with Gasteiger partial charge in [-0.25, -0.2) is 4.98 Å². The molecule has 0 aliphatic carbocycles. The molecule has 0 fully saturated rings. The number of aromatic nitrogens is 3. The van der Waals surface area contributed by atoms with Gasteiger partial charge in [-0.1, -0.05) is 5.16 Å². The second-order valence-corrected chi connectivity index (χ2v) is 5.98. The summed E-state index contributed by atoms with van der Waals surface area (Å²) in [7, 11) is 0. The van der Waals surface area contributed by atoms with Crippen LogP contribution in [0.5, 0.6) is 5.75 Å². The molecule has 130 valence electrons. The van der Waals surface area contributed by atoms with Crippen molar-refractivity contribution in [2.45, 2.75) is 33.8 Å². The number of hydrogen-bond acceptors (Lipinski definition) is 7. The zero-order valence-corrected chi connectivity index (χ0v) is 14.7. The molecule has 0 amide bonds. The normalized spacial score (nSPS) is 10.8. The lowest BCUT2D eigenvalue weighted by atomic mass is 10.3. The summed E-state index contributed by atoms with van der Waals surface area (Å²) in [6, 6.07) is 11.3. The van der Waals surface area contributed by atoms with Crippen molar-refractivity contribution in [2.24, 2.45) is 0 Å². The highest BCUT2D eigenvalue weighted by Crippen LogP contribution is 2.21. The third-order valence-corrected chi connectivity index (χ3v) is 3.22. The highest BCUT2D eigenvalue weighted by molar-refractivity contribution is 5.58. The molecular formula is C18H21N5O2. The van der Waals surface area contributed by atoms with Gasteiger partial charge in [0, 0.05) is 23.5 Å². The summed E-state index contributed by atoms with van der Waals surface area (Å²) in [6.07, 6.45) is 0.146. The molecule has 0 saturated heterocycles. The fourth-order valence-electron chi connectivity index (χ4n) is 2.26. The molecule has 3 rings (SSSR count). The van der Waals surface area contributed by atoms with Crippen LogP contribution in [-0.4, -0.2) is 21.2 Å². The van der Waals surface area contributed by atoms with Crippen LogP contribution in [0.1, 0.15) is 25.3 Å². The van der Waals surface area contributed by atoms with Gasteiger partial charge in [0.2, 0.25) is 5.95 Å². The Morgan fingerprint density at radius 1 is 0.960 bits per heavy atom. The molecule has 0 radical (unpaired) electrons. The highest BCUT2D eigenvalue weighted by atomic mass is 16.5. The number of benzene rings is 1. The molecule has 0 aliphatic heterocycles. The van der Waals surface area contributed by atoms with E-state index in [9.17, 15) is 0 Å². The van der Waals surface area contributed by atoms with Crippen molar-refractivity contribution in [3.05, 3.63) is 47.9 Å². The SMILES string of the molecule is Cc1cc(Nc2cc(C)on2)nc(Nc2ccc(OC(C)C)cc2)n1. The lowest BCUT2D eigenvalue weighted by molar-refractivity contribution is 0.242. The summed E-state index contributed by atoms with van der Waals surface area (Å²) >= 11 is 0. The van der Waals surface area contributed by atoms with E-state index in [0.717, 1.165) is 22.9 Å². The quantitative estimate of drug-likeness (QED) is 0.690. The first-order valence-corrected chi connectivity index (χ1v) is 8.08. The molecule has 0 spiro atoms. The summed E-state index contributed by atoms with van der Waals surface area (Å²) in [5.41, 5.74) is 1.71. The molecule has 2 heterocycles. The van der Waals surface area contributed by atoms with Crippen LogP contribution in [-0.2, 0) is 0 Å². The van der Waals surface area contributed by atoms with Crippen LogP contribution in [0.25, 0.3) is 0 Å². The molecule has 0 unspecified atom stereocenters. The van der Waals surface area contributed by atoms with Crippen LogP contribution < -0.4 is 15.4 Å². The minimum Gasteiger partial charge on any atom is -0.491 e. The molecule has 7 heteroatoms. The van der Waals surface area contributed by atoms with Gasteiger partial charge in [-0.2, -0.15) is 4.98 Å². The molecule has 3 aromatic rings. The molecule has 1 aromatic carbocycles. The Kier molecular flexibility index (Phi) is 4.83. The maximum atomic E-state index is 5.64. The van der Waals surface area contributed by atoms with E-state index in [2.05, 4.69) is 25.8 Å². The average molecular weight is 339 g/mol. The maximum absolute atomic E-state index is 5.64. The molecule has 2 aromatic heterocycles. The van der Waals surface area contributed by atoms with Crippen molar-refractivity contribution in [2.75, 3.05) is 10.6 Å². The van der Waals surface area contributed by atoms with E-state index in [4.69, 9.17) is 9.26 Å². The van der Waals surface area contributed by atoms with E-state index in [1.165, 1.54) is 0 Å². The van der Waals surface area contributed by atoms with Crippen molar-refractivity contribution < 1.29 is 9.26 Å². The van der Waals surface area contributed by atoms with E-state index in [-0.39, 0.29) is 6.10 Å². The summed E-state index contributed by atoms with van der Waals surface area (Å²) in [5.74, 6) is 3.31. The molecule has 0 atom stereocenters. The summed E-state index contributed by atoms with van der Waals surface area (Å²) in [4.78, 5) is 8.87. The summed E-state index contributed by atoms with van der Waals surface area (Å²) < 4.78 is 10.7. The third-order valence-electron chi connectivity index (χ3n) is 3.22. The minimum absolute atomic E-state index is 0.146. The minimum atomic E-state index is 0.146. The van der Waals surface area contributed by atoms with Crippen molar-refractivity contribution >= 4 is 23.3 Å². The first kappa shape index (κ1) is 16.8. The van der Waals surface area contributed by atoms with Crippen LogP contribution in [0.15, 0.2) is 40.9 Å². The number of aryl methyl sites for hydroxylation is 2. The van der Waals surface area contributed by atoms with Gasteiger partial charge in [-0.15, -0.1) is 0 Å².